The van der Waals surface area contributed by atoms with Crippen molar-refractivity contribution in [2.75, 3.05) is 11.9 Å². The molecule has 0 saturated carbocycles. The SMILES string of the molecule is CC1=C(N(C)c2cccc(-c3ccccc3)c2)C(C)C(C2=CCCC=C2)C=C1. The van der Waals surface area contributed by atoms with Crippen LogP contribution in [-0.4, -0.2) is 7.05 Å². The molecule has 2 aromatic rings. The van der Waals surface area contributed by atoms with Crippen LogP contribution < -0.4 is 4.90 Å². The average Bonchev–Trinajstić information content (AvgIpc) is 2.75. The van der Waals surface area contributed by atoms with Crippen LogP contribution >= 0.6 is 0 Å². The second kappa shape index (κ2) is 8.06. The lowest BCUT2D eigenvalue weighted by atomic mass is 9.78. The number of hydrogen-bond donors (Lipinski definition) is 0. The molecule has 1 nitrogen and oxygen atoms in total. The molecule has 0 bridgehead atoms. The lowest BCUT2D eigenvalue weighted by molar-refractivity contribution is 0.532. The second-order valence-electron chi connectivity index (χ2n) is 7.90. The topological polar surface area (TPSA) is 3.24 Å². The van der Waals surface area contributed by atoms with Crippen molar-refractivity contribution in [2.24, 2.45) is 11.8 Å². The highest BCUT2D eigenvalue weighted by Crippen LogP contribution is 2.39. The third-order valence-electron chi connectivity index (χ3n) is 6.04. The van der Waals surface area contributed by atoms with Crippen molar-refractivity contribution >= 4 is 5.69 Å². The molecule has 0 N–H and O–H groups in total. The van der Waals surface area contributed by atoms with Gasteiger partial charge in [-0.3, -0.25) is 0 Å². The summed E-state index contributed by atoms with van der Waals surface area (Å²) >= 11 is 0. The van der Waals surface area contributed by atoms with Crippen LogP contribution in [-0.2, 0) is 0 Å². The molecule has 0 amide bonds. The Balaban J connectivity index is 1.65. The lowest BCUT2D eigenvalue weighted by Crippen LogP contribution is -2.29. The van der Waals surface area contributed by atoms with E-state index in [4.69, 9.17) is 0 Å². The lowest BCUT2D eigenvalue weighted by Gasteiger charge is -2.36. The first-order valence-corrected chi connectivity index (χ1v) is 10.3. The van der Waals surface area contributed by atoms with Crippen LogP contribution in [0.1, 0.15) is 26.7 Å². The van der Waals surface area contributed by atoms with Gasteiger partial charge in [0, 0.05) is 30.3 Å². The summed E-state index contributed by atoms with van der Waals surface area (Å²) < 4.78 is 0. The molecule has 0 fully saturated rings. The predicted octanol–water partition coefficient (Wildman–Crippen LogP) is 7.16. The number of rotatable bonds is 4. The first kappa shape index (κ1) is 18.6. The van der Waals surface area contributed by atoms with Crippen LogP contribution in [0.25, 0.3) is 11.1 Å². The zero-order valence-corrected chi connectivity index (χ0v) is 17.1. The van der Waals surface area contributed by atoms with Gasteiger partial charge in [-0.1, -0.05) is 79.8 Å². The van der Waals surface area contributed by atoms with Gasteiger partial charge in [0.25, 0.3) is 0 Å². The molecule has 2 aliphatic rings. The summed E-state index contributed by atoms with van der Waals surface area (Å²) in [4.78, 5) is 2.38. The van der Waals surface area contributed by atoms with Gasteiger partial charge in [0.15, 0.2) is 0 Å². The van der Waals surface area contributed by atoms with E-state index in [1.54, 1.807) is 0 Å². The summed E-state index contributed by atoms with van der Waals surface area (Å²) in [6, 6.07) is 19.5. The van der Waals surface area contributed by atoms with Crippen molar-refractivity contribution in [3.05, 3.63) is 102 Å². The molecule has 28 heavy (non-hydrogen) atoms. The highest BCUT2D eigenvalue weighted by Gasteiger charge is 2.28. The molecule has 4 rings (SSSR count). The maximum absolute atomic E-state index is 2.42. The van der Waals surface area contributed by atoms with Gasteiger partial charge in [-0.25, -0.2) is 0 Å². The minimum Gasteiger partial charge on any atom is -0.348 e. The molecule has 0 heterocycles. The van der Waals surface area contributed by atoms with E-state index in [2.05, 4.69) is 111 Å². The molecule has 0 aromatic heterocycles. The van der Waals surface area contributed by atoms with Gasteiger partial charge in [0.1, 0.15) is 0 Å². The molecule has 2 unspecified atom stereocenters. The summed E-state index contributed by atoms with van der Waals surface area (Å²) in [6.45, 7) is 4.61. The van der Waals surface area contributed by atoms with Gasteiger partial charge < -0.3 is 4.90 Å². The Morgan fingerprint density at radius 3 is 2.43 bits per heavy atom. The Morgan fingerprint density at radius 2 is 1.68 bits per heavy atom. The third kappa shape index (κ3) is 3.62. The molecular weight excluding hydrogens is 338 g/mol. The van der Waals surface area contributed by atoms with E-state index in [-0.39, 0.29) is 0 Å². The summed E-state index contributed by atoms with van der Waals surface area (Å²) in [6.07, 6.45) is 14.1. The number of hydrogen-bond acceptors (Lipinski definition) is 1. The number of nitrogens with zero attached hydrogens (tertiary/aromatic N) is 1. The maximum Gasteiger partial charge on any atom is 0.0412 e. The second-order valence-corrected chi connectivity index (χ2v) is 7.90. The van der Waals surface area contributed by atoms with Crippen LogP contribution in [0.15, 0.2) is 102 Å². The molecule has 2 atom stereocenters. The Labute approximate surface area is 169 Å². The summed E-state index contributed by atoms with van der Waals surface area (Å²) in [5.41, 5.74) is 8.00. The van der Waals surface area contributed by atoms with Gasteiger partial charge >= 0.3 is 0 Å². The Hall–Kier alpha value is -2.80. The van der Waals surface area contributed by atoms with E-state index in [0.717, 1.165) is 6.42 Å². The molecular formula is C27H29N. The molecule has 2 aliphatic carbocycles. The van der Waals surface area contributed by atoms with Crippen molar-refractivity contribution < 1.29 is 0 Å². The largest absolute Gasteiger partial charge is 0.348 e. The zero-order valence-electron chi connectivity index (χ0n) is 17.1. The Kier molecular flexibility index (Phi) is 5.34. The summed E-state index contributed by atoms with van der Waals surface area (Å²) in [5, 5.41) is 0. The molecule has 0 radical (unpaired) electrons. The van der Waals surface area contributed by atoms with Crippen LogP contribution in [0.2, 0.25) is 0 Å². The fraction of sp³-hybridized carbons (Fsp3) is 0.259. The molecule has 0 aliphatic heterocycles. The van der Waals surface area contributed by atoms with Crippen LogP contribution in [0, 0.1) is 11.8 Å². The molecule has 1 heteroatoms. The first-order chi connectivity index (χ1) is 13.6. The maximum atomic E-state index is 2.42. The number of benzene rings is 2. The van der Waals surface area contributed by atoms with E-state index < -0.39 is 0 Å². The van der Waals surface area contributed by atoms with Gasteiger partial charge in [0.2, 0.25) is 0 Å². The zero-order chi connectivity index (χ0) is 19.5. The van der Waals surface area contributed by atoms with E-state index >= 15 is 0 Å². The van der Waals surface area contributed by atoms with E-state index in [1.165, 1.54) is 40.1 Å². The minimum atomic E-state index is 0.449. The highest BCUT2D eigenvalue weighted by molar-refractivity contribution is 5.69. The van der Waals surface area contributed by atoms with Crippen LogP contribution in [0.4, 0.5) is 5.69 Å². The predicted molar refractivity (Wildman–Crippen MR) is 121 cm³/mol. The number of anilines is 1. The van der Waals surface area contributed by atoms with Crippen LogP contribution in [0.5, 0.6) is 0 Å². The molecule has 0 spiro atoms. The quantitative estimate of drug-likeness (QED) is 0.554. The number of allylic oxidation sites excluding steroid dienone is 8. The van der Waals surface area contributed by atoms with E-state index in [1.807, 2.05) is 0 Å². The smallest absolute Gasteiger partial charge is 0.0412 e. The average molecular weight is 368 g/mol. The fourth-order valence-corrected chi connectivity index (χ4v) is 4.54. The van der Waals surface area contributed by atoms with Crippen molar-refractivity contribution in [3.8, 4) is 11.1 Å². The first-order valence-electron chi connectivity index (χ1n) is 10.3. The van der Waals surface area contributed by atoms with Crippen LogP contribution in [0.3, 0.4) is 0 Å². The molecule has 2 aromatic carbocycles. The van der Waals surface area contributed by atoms with Gasteiger partial charge in [-0.15, -0.1) is 0 Å². The summed E-state index contributed by atoms with van der Waals surface area (Å²) in [5.74, 6) is 0.902. The monoisotopic (exact) mass is 367 g/mol. The normalized spacial score (nSPS) is 21.6. The minimum absolute atomic E-state index is 0.449. The molecule has 0 saturated heterocycles. The van der Waals surface area contributed by atoms with Crippen molar-refractivity contribution in [1.29, 1.82) is 0 Å². The van der Waals surface area contributed by atoms with E-state index in [9.17, 15) is 0 Å². The van der Waals surface area contributed by atoms with Crippen molar-refractivity contribution in [3.63, 3.8) is 0 Å². The van der Waals surface area contributed by atoms with Gasteiger partial charge in [0.05, 0.1) is 0 Å². The summed E-state index contributed by atoms with van der Waals surface area (Å²) in [7, 11) is 2.21. The fourth-order valence-electron chi connectivity index (χ4n) is 4.54. The Morgan fingerprint density at radius 1 is 0.893 bits per heavy atom. The van der Waals surface area contributed by atoms with Crippen molar-refractivity contribution in [2.45, 2.75) is 26.7 Å². The van der Waals surface area contributed by atoms with E-state index in [0.29, 0.717) is 11.8 Å². The van der Waals surface area contributed by atoms with Gasteiger partial charge in [-0.05, 0) is 54.2 Å². The van der Waals surface area contributed by atoms with Gasteiger partial charge in [-0.2, -0.15) is 0 Å². The standard InChI is InChI=1S/C27H29N/c1-20-17-18-26(23-13-8-5-9-14-23)21(2)27(20)28(3)25-16-10-15-24(19-25)22-11-6-4-7-12-22/h4,6-8,10-19,21,26H,5,9H2,1-3H3. The molecule has 142 valence electrons. The van der Waals surface area contributed by atoms with Crippen molar-refractivity contribution in [1.82, 2.24) is 0 Å². The Bertz CT molecular complexity index is 959. The third-order valence-corrected chi connectivity index (χ3v) is 6.04. The highest BCUT2D eigenvalue weighted by atomic mass is 15.1.